The van der Waals surface area contributed by atoms with Gasteiger partial charge in [-0.3, -0.25) is 9.59 Å². The highest BCUT2D eigenvalue weighted by Gasteiger charge is 2.27. The molecule has 28 heavy (non-hydrogen) atoms. The van der Waals surface area contributed by atoms with Crippen LogP contribution < -0.4 is 15.5 Å². The zero-order valence-corrected chi connectivity index (χ0v) is 16.6. The van der Waals surface area contributed by atoms with E-state index in [0.29, 0.717) is 11.3 Å². The number of fused-ring (bicyclic) bond motifs is 1. The average Bonchev–Trinajstić information content (AvgIpc) is 3.51. The van der Waals surface area contributed by atoms with Crippen molar-refractivity contribution in [2.45, 2.75) is 44.1 Å². The Morgan fingerprint density at radius 1 is 1.14 bits per heavy atom. The number of amides is 2. The van der Waals surface area contributed by atoms with Gasteiger partial charge in [-0.15, -0.1) is 11.6 Å². The minimum atomic E-state index is -0.637. The zero-order chi connectivity index (χ0) is 19.7. The molecule has 2 N–H and O–H groups in total. The molecular weight excluding hydrogens is 374 g/mol. The van der Waals surface area contributed by atoms with Gasteiger partial charge in [0.05, 0.1) is 5.56 Å². The molecule has 2 aliphatic rings. The van der Waals surface area contributed by atoms with E-state index in [9.17, 15) is 9.59 Å². The van der Waals surface area contributed by atoms with Crippen LogP contribution in [0, 0.1) is 0 Å². The van der Waals surface area contributed by atoms with Gasteiger partial charge in [0.1, 0.15) is 5.38 Å². The van der Waals surface area contributed by atoms with Gasteiger partial charge in [-0.05, 0) is 55.5 Å². The zero-order valence-electron chi connectivity index (χ0n) is 15.9. The fourth-order valence-corrected chi connectivity index (χ4v) is 3.56. The van der Waals surface area contributed by atoms with Crippen molar-refractivity contribution in [1.29, 1.82) is 0 Å². The van der Waals surface area contributed by atoms with Gasteiger partial charge in [-0.25, -0.2) is 0 Å². The predicted molar refractivity (Wildman–Crippen MR) is 112 cm³/mol. The largest absolute Gasteiger partial charge is 0.366 e. The van der Waals surface area contributed by atoms with Crippen LogP contribution in [-0.2, 0) is 17.8 Å². The predicted octanol–water partition coefficient (Wildman–Crippen LogP) is 3.71. The van der Waals surface area contributed by atoms with E-state index in [1.54, 1.807) is 13.0 Å². The maximum Gasteiger partial charge on any atom is 0.253 e. The van der Waals surface area contributed by atoms with Gasteiger partial charge in [-0.2, -0.15) is 0 Å². The minimum absolute atomic E-state index is 0.0913. The third-order valence-electron chi connectivity index (χ3n) is 5.25. The fraction of sp³-hybridized carbons (Fsp3) is 0.364. The highest BCUT2D eigenvalue weighted by atomic mass is 35.5. The summed E-state index contributed by atoms with van der Waals surface area (Å²) >= 11 is 5.86. The molecule has 2 amide bonds. The normalized spacial score (nSPS) is 16.9. The summed E-state index contributed by atoms with van der Waals surface area (Å²) in [4.78, 5) is 27.1. The Hall–Kier alpha value is -2.53. The molecule has 4 rings (SSSR count). The van der Waals surface area contributed by atoms with Gasteiger partial charge < -0.3 is 15.5 Å². The standard InChI is InChI=1S/C22H24ClN3O2/c1-14(23)21(27)25-18-8-9-20(19(12-18)22(28)24-17-6-7-17)26-11-10-15-4-2-3-5-16(15)13-26/h2-5,8-9,12,14,17H,6-7,10-11,13H2,1H3,(H,24,28)(H,25,27)/t14-/m1/s1. The number of rotatable bonds is 5. The number of anilines is 2. The molecule has 0 radical (unpaired) electrons. The molecule has 1 aliphatic carbocycles. The summed E-state index contributed by atoms with van der Waals surface area (Å²) < 4.78 is 0. The van der Waals surface area contributed by atoms with Gasteiger partial charge >= 0.3 is 0 Å². The SMILES string of the molecule is C[C@@H](Cl)C(=O)Nc1ccc(N2CCc3ccccc3C2)c(C(=O)NC2CC2)c1. The van der Waals surface area contributed by atoms with E-state index < -0.39 is 5.38 Å². The molecule has 0 saturated heterocycles. The van der Waals surface area contributed by atoms with Crippen LogP contribution >= 0.6 is 11.6 Å². The maximum absolute atomic E-state index is 12.9. The van der Waals surface area contributed by atoms with Gasteiger partial charge in [0, 0.05) is 30.5 Å². The average molecular weight is 398 g/mol. The van der Waals surface area contributed by atoms with Gasteiger partial charge in [0.25, 0.3) is 5.91 Å². The van der Waals surface area contributed by atoms with Crippen molar-refractivity contribution < 1.29 is 9.59 Å². The van der Waals surface area contributed by atoms with Crippen LogP contribution in [0.1, 0.15) is 41.3 Å². The monoisotopic (exact) mass is 397 g/mol. The van der Waals surface area contributed by atoms with Gasteiger partial charge in [0.15, 0.2) is 0 Å². The second-order valence-electron chi connectivity index (χ2n) is 7.53. The van der Waals surface area contributed by atoms with E-state index in [1.165, 1.54) is 11.1 Å². The van der Waals surface area contributed by atoms with E-state index >= 15 is 0 Å². The second-order valence-corrected chi connectivity index (χ2v) is 8.18. The Kier molecular flexibility index (Phi) is 5.27. The van der Waals surface area contributed by atoms with Crippen molar-refractivity contribution >= 4 is 34.8 Å². The van der Waals surface area contributed by atoms with Gasteiger partial charge in [0.2, 0.25) is 5.91 Å². The number of nitrogens with zero attached hydrogens (tertiary/aromatic N) is 1. The molecule has 0 spiro atoms. The van der Waals surface area contributed by atoms with Crippen LogP contribution in [0.4, 0.5) is 11.4 Å². The number of hydrogen-bond donors (Lipinski definition) is 2. The third-order valence-corrected chi connectivity index (χ3v) is 5.45. The molecule has 6 heteroatoms. The summed E-state index contributed by atoms with van der Waals surface area (Å²) in [5, 5.41) is 5.21. The van der Waals surface area contributed by atoms with Crippen molar-refractivity contribution in [3.63, 3.8) is 0 Å². The van der Waals surface area contributed by atoms with Crippen LogP contribution in [0.25, 0.3) is 0 Å². The molecular formula is C22H24ClN3O2. The summed E-state index contributed by atoms with van der Waals surface area (Å²) in [6.07, 6.45) is 3.00. The molecule has 2 aromatic carbocycles. The van der Waals surface area contributed by atoms with E-state index in [1.807, 2.05) is 12.1 Å². The Morgan fingerprint density at radius 3 is 2.61 bits per heavy atom. The molecule has 5 nitrogen and oxygen atoms in total. The molecule has 1 saturated carbocycles. The summed E-state index contributed by atoms with van der Waals surface area (Å²) in [6.45, 7) is 3.24. The van der Waals surface area contributed by atoms with Crippen LogP contribution in [0.3, 0.4) is 0 Å². The topological polar surface area (TPSA) is 61.4 Å². The smallest absolute Gasteiger partial charge is 0.253 e. The third kappa shape index (κ3) is 4.14. The summed E-state index contributed by atoms with van der Waals surface area (Å²) in [7, 11) is 0. The molecule has 2 aromatic rings. The fourth-order valence-electron chi connectivity index (χ4n) is 3.51. The lowest BCUT2D eigenvalue weighted by Gasteiger charge is -2.32. The van der Waals surface area contributed by atoms with E-state index in [2.05, 4.69) is 39.8 Å². The van der Waals surface area contributed by atoms with Gasteiger partial charge in [-0.1, -0.05) is 24.3 Å². The van der Waals surface area contributed by atoms with Crippen molar-refractivity contribution in [3.8, 4) is 0 Å². The lowest BCUT2D eigenvalue weighted by atomic mass is 9.98. The Bertz CT molecular complexity index is 908. The number of nitrogens with one attached hydrogen (secondary N) is 2. The Morgan fingerprint density at radius 2 is 1.89 bits per heavy atom. The highest BCUT2D eigenvalue weighted by molar-refractivity contribution is 6.32. The quantitative estimate of drug-likeness (QED) is 0.756. The molecule has 0 unspecified atom stereocenters. The summed E-state index contributed by atoms with van der Waals surface area (Å²) in [5.74, 6) is -0.374. The van der Waals surface area contributed by atoms with Crippen molar-refractivity contribution in [2.24, 2.45) is 0 Å². The number of carbonyl (C=O) groups excluding carboxylic acids is 2. The van der Waals surface area contributed by atoms with Crippen LogP contribution in [-0.4, -0.2) is 29.8 Å². The van der Waals surface area contributed by atoms with E-state index in [4.69, 9.17) is 11.6 Å². The van der Waals surface area contributed by atoms with E-state index in [0.717, 1.165) is 38.0 Å². The number of alkyl halides is 1. The first kappa shape index (κ1) is 18.8. The lowest BCUT2D eigenvalue weighted by molar-refractivity contribution is -0.115. The number of carbonyl (C=O) groups is 2. The first-order valence-corrected chi connectivity index (χ1v) is 10.2. The molecule has 1 atom stereocenters. The van der Waals surface area contributed by atoms with Crippen LogP contribution in [0.2, 0.25) is 0 Å². The van der Waals surface area contributed by atoms with Crippen LogP contribution in [0.5, 0.6) is 0 Å². The summed E-state index contributed by atoms with van der Waals surface area (Å²) in [6, 6.07) is 14.2. The van der Waals surface area contributed by atoms with Crippen molar-refractivity contribution in [3.05, 3.63) is 59.2 Å². The molecule has 0 bridgehead atoms. The van der Waals surface area contributed by atoms with E-state index in [-0.39, 0.29) is 17.9 Å². The molecule has 1 heterocycles. The number of halogens is 1. The molecule has 1 fully saturated rings. The molecule has 1 aliphatic heterocycles. The first-order chi connectivity index (χ1) is 13.5. The Balaban J connectivity index is 1.63. The van der Waals surface area contributed by atoms with Crippen molar-refractivity contribution in [1.82, 2.24) is 5.32 Å². The molecule has 146 valence electrons. The first-order valence-electron chi connectivity index (χ1n) is 9.73. The number of benzene rings is 2. The minimum Gasteiger partial charge on any atom is -0.366 e. The van der Waals surface area contributed by atoms with Crippen molar-refractivity contribution in [2.75, 3.05) is 16.8 Å². The van der Waals surface area contributed by atoms with Crippen LogP contribution in [0.15, 0.2) is 42.5 Å². The lowest BCUT2D eigenvalue weighted by Crippen LogP contribution is -2.33. The number of hydrogen-bond acceptors (Lipinski definition) is 3. The summed E-state index contributed by atoms with van der Waals surface area (Å²) in [5.41, 5.74) is 4.72. The Labute approximate surface area is 170 Å². The highest BCUT2D eigenvalue weighted by Crippen LogP contribution is 2.30. The second kappa shape index (κ2) is 7.84. The maximum atomic E-state index is 12.9. The molecule has 0 aromatic heterocycles.